The summed E-state index contributed by atoms with van der Waals surface area (Å²) < 4.78 is 1.72. The van der Waals surface area contributed by atoms with Crippen LogP contribution in [0.2, 0.25) is 0 Å². The maximum Gasteiger partial charge on any atom is 0.177 e. The van der Waals surface area contributed by atoms with Gasteiger partial charge in [-0.2, -0.15) is 4.52 Å². The number of anilines is 1. The second-order valence-electron chi connectivity index (χ2n) is 5.78. The smallest absolute Gasteiger partial charge is 0.177 e. The van der Waals surface area contributed by atoms with Gasteiger partial charge in [-0.15, -0.1) is 15.3 Å². The maximum absolute atomic E-state index is 4.53. The Morgan fingerprint density at radius 1 is 1.14 bits per heavy atom. The molecule has 0 amide bonds. The van der Waals surface area contributed by atoms with Crippen molar-refractivity contribution in [3.63, 3.8) is 0 Å². The molecule has 112 valence electrons. The summed E-state index contributed by atoms with van der Waals surface area (Å²) in [5.41, 5.74) is 2.13. The van der Waals surface area contributed by atoms with E-state index in [0.717, 1.165) is 31.1 Å². The number of nitrogens with zero attached hydrogens (tertiary/aromatic N) is 6. The molecule has 0 unspecified atom stereocenters. The standard InChI is InChI=1S/C16H18N6/c1-20(9-13-5-3-2-4-6-13)14-10-21(11-14)16-8-7-15-18-17-12-22(15)19-16/h2-8,12,14H,9-11H2,1H3. The first kappa shape index (κ1) is 13.2. The van der Waals surface area contributed by atoms with Gasteiger partial charge in [0.15, 0.2) is 5.65 Å². The first-order valence-electron chi connectivity index (χ1n) is 7.46. The van der Waals surface area contributed by atoms with Crippen LogP contribution in [0.25, 0.3) is 5.65 Å². The minimum absolute atomic E-state index is 0.568. The molecule has 4 rings (SSSR count). The summed E-state index contributed by atoms with van der Waals surface area (Å²) in [6, 6.07) is 15.1. The first-order valence-corrected chi connectivity index (χ1v) is 7.46. The van der Waals surface area contributed by atoms with Gasteiger partial charge in [0, 0.05) is 25.7 Å². The van der Waals surface area contributed by atoms with Gasteiger partial charge in [-0.1, -0.05) is 30.3 Å². The minimum atomic E-state index is 0.568. The van der Waals surface area contributed by atoms with E-state index in [4.69, 9.17) is 0 Å². The molecular formula is C16H18N6. The molecule has 3 aromatic rings. The number of likely N-dealkylation sites (N-methyl/N-ethyl adjacent to an activating group) is 1. The third-order valence-electron chi connectivity index (χ3n) is 4.23. The average Bonchev–Trinajstić information content (AvgIpc) is 2.94. The molecule has 2 aromatic heterocycles. The lowest BCUT2D eigenvalue weighted by Gasteiger charge is -2.44. The highest BCUT2D eigenvalue weighted by Gasteiger charge is 2.31. The molecule has 22 heavy (non-hydrogen) atoms. The highest BCUT2D eigenvalue weighted by Crippen LogP contribution is 2.22. The fraction of sp³-hybridized carbons (Fsp3) is 0.312. The lowest BCUT2D eigenvalue weighted by atomic mass is 10.1. The molecule has 1 saturated heterocycles. The molecule has 1 aliphatic heterocycles. The van der Waals surface area contributed by atoms with Gasteiger partial charge in [0.05, 0.1) is 0 Å². The van der Waals surface area contributed by atoms with Gasteiger partial charge < -0.3 is 4.90 Å². The van der Waals surface area contributed by atoms with Crippen LogP contribution in [0.5, 0.6) is 0 Å². The van der Waals surface area contributed by atoms with Crippen molar-refractivity contribution in [2.75, 3.05) is 25.0 Å². The Balaban J connectivity index is 1.38. The fourth-order valence-electron chi connectivity index (χ4n) is 2.81. The number of benzene rings is 1. The SMILES string of the molecule is CN(Cc1ccccc1)C1CN(c2ccc3nncn3n2)C1. The molecule has 0 atom stereocenters. The van der Waals surface area contributed by atoms with E-state index < -0.39 is 0 Å². The molecule has 1 fully saturated rings. The number of hydrogen-bond donors (Lipinski definition) is 0. The van der Waals surface area contributed by atoms with Crippen LogP contribution >= 0.6 is 0 Å². The van der Waals surface area contributed by atoms with E-state index >= 15 is 0 Å². The van der Waals surface area contributed by atoms with Crippen LogP contribution in [0.1, 0.15) is 5.56 Å². The summed E-state index contributed by atoms with van der Waals surface area (Å²) in [4.78, 5) is 4.69. The van der Waals surface area contributed by atoms with E-state index in [-0.39, 0.29) is 0 Å². The molecule has 6 heteroatoms. The molecule has 1 aliphatic rings. The van der Waals surface area contributed by atoms with E-state index in [0.29, 0.717) is 6.04 Å². The molecule has 0 bridgehead atoms. The predicted octanol–water partition coefficient (Wildman–Crippen LogP) is 1.44. The lowest BCUT2D eigenvalue weighted by molar-refractivity contribution is 0.196. The Kier molecular flexibility index (Phi) is 3.23. The van der Waals surface area contributed by atoms with Crippen molar-refractivity contribution >= 4 is 11.5 Å². The number of fused-ring (bicyclic) bond motifs is 1. The molecule has 3 heterocycles. The van der Waals surface area contributed by atoms with E-state index in [1.807, 2.05) is 12.1 Å². The molecule has 0 saturated carbocycles. The zero-order valence-electron chi connectivity index (χ0n) is 12.5. The van der Waals surface area contributed by atoms with Gasteiger partial charge in [-0.3, -0.25) is 4.90 Å². The van der Waals surface area contributed by atoms with Crippen molar-refractivity contribution < 1.29 is 0 Å². The fourth-order valence-corrected chi connectivity index (χ4v) is 2.81. The van der Waals surface area contributed by atoms with E-state index in [2.05, 4.69) is 62.5 Å². The van der Waals surface area contributed by atoms with Gasteiger partial charge >= 0.3 is 0 Å². The van der Waals surface area contributed by atoms with E-state index in [1.54, 1.807) is 10.8 Å². The van der Waals surface area contributed by atoms with Crippen LogP contribution in [0.4, 0.5) is 5.82 Å². The molecule has 0 radical (unpaired) electrons. The summed E-state index contributed by atoms with van der Waals surface area (Å²) >= 11 is 0. The normalized spacial score (nSPS) is 15.5. The van der Waals surface area contributed by atoms with Crippen LogP contribution < -0.4 is 4.90 Å². The molecule has 0 spiro atoms. The topological polar surface area (TPSA) is 49.6 Å². The van der Waals surface area contributed by atoms with Gasteiger partial charge in [0.1, 0.15) is 12.1 Å². The van der Waals surface area contributed by atoms with E-state index in [9.17, 15) is 0 Å². The third kappa shape index (κ3) is 2.42. The predicted molar refractivity (Wildman–Crippen MR) is 84.7 cm³/mol. The highest BCUT2D eigenvalue weighted by atomic mass is 15.4. The largest absolute Gasteiger partial charge is 0.352 e. The quantitative estimate of drug-likeness (QED) is 0.729. The second kappa shape index (κ2) is 5.38. The first-order chi connectivity index (χ1) is 10.8. The highest BCUT2D eigenvalue weighted by molar-refractivity contribution is 5.47. The van der Waals surface area contributed by atoms with Crippen molar-refractivity contribution in [3.8, 4) is 0 Å². The summed E-state index contributed by atoms with van der Waals surface area (Å²) in [5.74, 6) is 0.983. The second-order valence-corrected chi connectivity index (χ2v) is 5.78. The molecule has 0 N–H and O–H groups in total. The van der Waals surface area contributed by atoms with Crippen molar-refractivity contribution in [2.24, 2.45) is 0 Å². The van der Waals surface area contributed by atoms with Crippen LogP contribution in [0.15, 0.2) is 48.8 Å². The van der Waals surface area contributed by atoms with E-state index in [1.165, 1.54) is 5.56 Å². The molecule has 0 aliphatic carbocycles. The number of rotatable bonds is 4. The Morgan fingerprint density at radius 3 is 2.77 bits per heavy atom. The molecule has 6 nitrogen and oxygen atoms in total. The summed E-state index contributed by atoms with van der Waals surface area (Å²) in [5, 5.41) is 12.4. The van der Waals surface area contributed by atoms with Crippen molar-refractivity contribution in [2.45, 2.75) is 12.6 Å². The van der Waals surface area contributed by atoms with Crippen LogP contribution in [-0.4, -0.2) is 50.9 Å². The van der Waals surface area contributed by atoms with Gasteiger partial charge in [-0.05, 0) is 24.7 Å². The monoisotopic (exact) mass is 294 g/mol. The average molecular weight is 294 g/mol. The summed E-state index contributed by atoms with van der Waals surface area (Å²) in [6.07, 6.45) is 1.64. The van der Waals surface area contributed by atoms with Crippen molar-refractivity contribution in [1.29, 1.82) is 0 Å². The Bertz CT molecular complexity index is 762. The third-order valence-corrected chi connectivity index (χ3v) is 4.23. The molecular weight excluding hydrogens is 276 g/mol. The lowest BCUT2D eigenvalue weighted by Crippen LogP contribution is -2.58. The summed E-state index contributed by atoms with van der Waals surface area (Å²) in [6.45, 7) is 2.99. The summed E-state index contributed by atoms with van der Waals surface area (Å²) in [7, 11) is 2.19. The zero-order chi connectivity index (χ0) is 14.9. The number of aromatic nitrogens is 4. The van der Waals surface area contributed by atoms with Gasteiger partial charge in [-0.25, -0.2) is 0 Å². The van der Waals surface area contributed by atoms with Crippen molar-refractivity contribution in [3.05, 3.63) is 54.4 Å². The van der Waals surface area contributed by atoms with Gasteiger partial charge in [0.2, 0.25) is 0 Å². The molecule has 1 aromatic carbocycles. The van der Waals surface area contributed by atoms with Gasteiger partial charge in [0.25, 0.3) is 0 Å². The number of hydrogen-bond acceptors (Lipinski definition) is 5. The van der Waals surface area contributed by atoms with Crippen molar-refractivity contribution in [1.82, 2.24) is 24.7 Å². The van der Waals surface area contributed by atoms with Crippen LogP contribution in [0, 0.1) is 0 Å². The Hall–Kier alpha value is -2.47. The minimum Gasteiger partial charge on any atom is -0.352 e. The zero-order valence-corrected chi connectivity index (χ0v) is 12.5. The van der Waals surface area contributed by atoms with Crippen LogP contribution in [-0.2, 0) is 6.54 Å². The maximum atomic E-state index is 4.53. The Morgan fingerprint density at radius 2 is 1.95 bits per heavy atom. The van der Waals surface area contributed by atoms with Crippen LogP contribution in [0.3, 0.4) is 0 Å². The Labute approximate surface area is 129 Å².